The fourth-order valence-corrected chi connectivity index (χ4v) is 2.84. The van der Waals surface area contributed by atoms with E-state index in [2.05, 4.69) is 4.98 Å². The molecule has 0 unspecified atom stereocenters. The molecule has 0 amide bonds. The molecule has 106 valence electrons. The monoisotopic (exact) mass is 282 g/mol. The van der Waals surface area contributed by atoms with E-state index in [9.17, 15) is 18.0 Å². The number of halogens is 3. The van der Waals surface area contributed by atoms with E-state index in [0.717, 1.165) is 31.7 Å². The first-order valence-corrected chi connectivity index (χ1v) is 6.55. The molecule has 0 saturated heterocycles. The van der Waals surface area contributed by atoms with Gasteiger partial charge < -0.3 is 0 Å². The van der Waals surface area contributed by atoms with Crippen LogP contribution in [-0.2, 0) is 6.18 Å². The zero-order valence-corrected chi connectivity index (χ0v) is 10.7. The molecular formula is C14H13F3N2O. The average Bonchev–Trinajstić information content (AvgIpc) is 2.91. The summed E-state index contributed by atoms with van der Waals surface area (Å²) in [7, 11) is 0. The number of hydrogen-bond acceptors (Lipinski definition) is 2. The van der Waals surface area contributed by atoms with Gasteiger partial charge in [0, 0.05) is 6.04 Å². The van der Waals surface area contributed by atoms with Crippen molar-refractivity contribution in [2.45, 2.75) is 37.9 Å². The lowest BCUT2D eigenvalue weighted by molar-refractivity contribution is -0.136. The van der Waals surface area contributed by atoms with Crippen LogP contribution in [-0.4, -0.2) is 9.55 Å². The second kappa shape index (κ2) is 4.61. The van der Waals surface area contributed by atoms with Crippen molar-refractivity contribution in [3.63, 3.8) is 0 Å². The van der Waals surface area contributed by atoms with Crippen LogP contribution < -0.4 is 5.56 Å². The van der Waals surface area contributed by atoms with Crippen LogP contribution in [0.5, 0.6) is 0 Å². The highest BCUT2D eigenvalue weighted by molar-refractivity contribution is 5.81. The molecule has 0 bridgehead atoms. The molecule has 1 aromatic heterocycles. The molecule has 0 atom stereocenters. The van der Waals surface area contributed by atoms with E-state index in [4.69, 9.17) is 0 Å². The predicted octanol–water partition coefficient (Wildman–Crippen LogP) is 3.53. The first kappa shape index (κ1) is 13.1. The third kappa shape index (κ3) is 2.09. The van der Waals surface area contributed by atoms with Gasteiger partial charge in [0.05, 0.1) is 22.8 Å². The lowest BCUT2D eigenvalue weighted by atomic mass is 10.1. The number of alkyl halides is 3. The average molecular weight is 282 g/mol. The Morgan fingerprint density at radius 1 is 1.20 bits per heavy atom. The van der Waals surface area contributed by atoms with E-state index >= 15 is 0 Å². The van der Waals surface area contributed by atoms with Crippen LogP contribution in [0.25, 0.3) is 10.9 Å². The Hall–Kier alpha value is -1.85. The van der Waals surface area contributed by atoms with E-state index in [-0.39, 0.29) is 22.5 Å². The van der Waals surface area contributed by atoms with Crippen LogP contribution in [0.15, 0.2) is 29.3 Å². The Kier molecular flexibility index (Phi) is 3.03. The topological polar surface area (TPSA) is 34.9 Å². The van der Waals surface area contributed by atoms with Crippen molar-refractivity contribution in [2.24, 2.45) is 0 Å². The third-order valence-electron chi connectivity index (χ3n) is 3.84. The minimum atomic E-state index is -4.50. The molecule has 1 fully saturated rings. The van der Waals surface area contributed by atoms with Crippen LogP contribution in [0.2, 0.25) is 0 Å². The Labute approximate surface area is 113 Å². The van der Waals surface area contributed by atoms with Gasteiger partial charge in [-0.05, 0) is 25.0 Å². The summed E-state index contributed by atoms with van der Waals surface area (Å²) in [5.74, 6) is 0. The summed E-state index contributed by atoms with van der Waals surface area (Å²) in [6.45, 7) is 0. The lowest BCUT2D eigenvalue weighted by Crippen LogP contribution is -2.24. The molecule has 1 aromatic carbocycles. The maximum atomic E-state index is 12.9. The second-order valence-electron chi connectivity index (χ2n) is 5.09. The number of aromatic nitrogens is 2. The van der Waals surface area contributed by atoms with Gasteiger partial charge in [0.25, 0.3) is 5.56 Å². The van der Waals surface area contributed by atoms with Gasteiger partial charge in [-0.15, -0.1) is 0 Å². The summed E-state index contributed by atoms with van der Waals surface area (Å²) in [6, 6.07) is 3.68. The molecule has 1 aliphatic rings. The summed E-state index contributed by atoms with van der Waals surface area (Å²) < 4.78 is 40.2. The molecule has 0 N–H and O–H groups in total. The summed E-state index contributed by atoms with van der Waals surface area (Å²) in [5, 5.41) is 0.0363. The van der Waals surface area contributed by atoms with Crippen molar-refractivity contribution >= 4 is 10.9 Å². The SMILES string of the molecule is O=c1c2cccc(C(F)(F)F)c2ncn1C1CCCC1. The highest BCUT2D eigenvalue weighted by Gasteiger charge is 2.33. The second-order valence-corrected chi connectivity index (χ2v) is 5.09. The Morgan fingerprint density at radius 2 is 1.90 bits per heavy atom. The summed E-state index contributed by atoms with van der Waals surface area (Å²) in [6.07, 6.45) is 0.599. The molecule has 1 aliphatic carbocycles. The van der Waals surface area contributed by atoms with E-state index < -0.39 is 11.7 Å². The standard InChI is InChI=1S/C14H13F3N2O/c15-14(16,17)11-7-3-6-10-12(11)18-8-19(13(10)20)9-4-1-2-5-9/h3,6-9H,1-2,4-5H2. The van der Waals surface area contributed by atoms with Gasteiger partial charge in [0.15, 0.2) is 0 Å². The lowest BCUT2D eigenvalue weighted by Gasteiger charge is -2.15. The molecule has 2 aromatic rings. The van der Waals surface area contributed by atoms with Gasteiger partial charge in [-0.25, -0.2) is 4.98 Å². The highest BCUT2D eigenvalue weighted by Crippen LogP contribution is 2.33. The van der Waals surface area contributed by atoms with Crippen molar-refractivity contribution in [3.8, 4) is 0 Å². The zero-order valence-electron chi connectivity index (χ0n) is 10.7. The van der Waals surface area contributed by atoms with Crippen molar-refractivity contribution in [1.82, 2.24) is 9.55 Å². The largest absolute Gasteiger partial charge is 0.418 e. The normalized spacial score (nSPS) is 16.9. The van der Waals surface area contributed by atoms with Gasteiger partial charge >= 0.3 is 6.18 Å². The Balaban J connectivity index is 2.22. The van der Waals surface area contributed by atoms with E-state index in [1.807, 2.05) is 0 Å². The van der Waals surface area contributed by atoms with E-state index in [1.165, 1.54) is 23.0 Å². The predicted molar refractivity (Wildman–Crippen MR) is 68.5 cm³/mol. The van der Waals surface area contributed by atoms with Crippen LogP contribution in [0.1, 0.15) is 37.3 Å². The van der Waals surface area contributed by atoms with Crippen LogP contribution in [0.3, 0.4) is 0 Å². The number of fused-ring (bicyclic) bond motifs is 1. The zero-order chi connectivity index (χ0) is 14.3. The first-order valence-electron chi connectivity index (χ1n) is 6.55. The van der Waals surface area contributed by atoms with Crippen LogP contribution in [0.4, 0.5) is 13.2 Å². The van der Waals surface area contributed by atoms with Crippen molar-refractivity contribution in [1.29, 1.82) is 0 Å². The van der Waals surface area contributed by atoms with Gasteiger partial charge in [0.1, 0.15) is 0 Å². The molecule has 0 aliphatic heterocycles. The molecule has 20 heavy (non-hydrogen) atoms. The van der Waals surface area contributed by atoms with Crippen molar-refractivity contribution in [2.75, 3.05) is 0 Å². The molecule has 0 radical (unpaired) electrons. The number of para-hydroxylation sites is 1. The molecule has 6 heteroatoms. The Morgan fingerprint density at radius 3 is 2.55 bits per heavy atom. The van der Waals surface area contributed by atoms with Crippen molar-refractivity contribution in [3.05, 3.63) is 40.4 Å². The number of benzene rings is 1. The fourth-order valence-electron chi connectivity index (χ4n) is 2.84. The highest BCUT2D eigenvalue weighted by atomic mass is 19.4. The summed E-state index contributed by atoms with van der Waals surface area (Å²) in [5.41, 5.74) is -1.50. The van der Waals surface area contributed by atoms with E-state index in [0.29, 0.717) is 0 Å². The van der Waals surface area contributed by atoms with Crippen LogP contribution in [0, 0.1) is 0 Å². The summed E-state index contributed by atoms with van der Waals surface area (Å²) >= 11 is 0. The minimum absolute atomic E-state index is 0.0363. The number of rotatable bonds is 1. The van der Waals surface area contributed by atoms with Gasteiger partial charge in [-0.2, -0.15) is 13.2 Å². The number of nitrogens with zero attached hydrogens (tertiary/aromatic N) is 2. The summed E-state index contributed by atoms with van der Waals surface area (Å²) in [4.78, 5) is 16.2. The van der Waals surface area contributed by atoms with Gasteiger partial charge in [0.2, 0.25) is 0 Å². The van der Waals surface area contributed by atoms with Gasteiger partial charge in [-0.1, -0.05) is 18.9 Å². The molecule has 3 nitrogen and oxygen atoms in total. The molecule has 3 rings (SSSR count). The van der Waals surface area contributed by atoms with Gasteiger partial charge in [-0.3, -0.25) is 9.36 Å². The number of hydrogen-bond donors (Lipinski definition) is 0. The molecule has 1 heterocycles. The van der Waals surface area contributed by atoms with Crippen LogP contribution >= 0.6 is 0 Å². The third-order valence-corrected chi connectivity index (χ3v) is 3.84. The fraction of sp³-hybridized carbons (Fsp3) is 0.429. The quantitative estimate of drug-likeness (QED) is 0.802. The molecule has 0 spiro atoms. The minimum Gasteiger partial charge on any atom is -0.296 e. The molecular weight excluding hydrogens is 269 g/mol. The molecule has 1 saturated carbocycles. The first-order chi connectivity index (χ1) is 9.48. The maximum absolute atomic E-state index is 12.9. The Bertz CT molecular complexity index is 700. The van der Waals surface area contributed by atoms with E-state index in [1.54, 1.807) is 0 Å². The van der Waals surface area contributed by atoms with Crippen molar-refractivity contribution < 1.29 is 13.2 Å². The maximum Gasteiger partial charge on any atom is 0.418 e. The smallest absolute Gasteiger partial charge is 0.296 e.